The molecule has 0 aliphatic carbocycles. The quantitative estimate of drug-likeness (QED) is 0.746. The molecule has 2 rings (SSSR count). The first-order chi connectivity index (χ1) is 11.1. The molecule has 0 spiro atoms. The van der Waals surface area contributed by atoms with Gasteiger partial charge in [-0.2, -0.15) is 0 Å². The lowest BCUT2D eigenvalue weighted by molar-refractivity contribution is -0.114. The van der Waals surface area contributed by atoms with Crippen LogP contribution >= 0.6 is 11.6 Å². The van der Waals surface area contributed by atoms with Crippen molar-refractivity contribution >= 4 is 28.9 Å². The lowest BCUT2D eigenvalue weighted by Gasteiger charge is -2.13. The smallest absolute Gasteiger partial charge is 0.243 e. The third-order valence-electron chi connectivity index (χ3n) is 3.16. The van der Waals surface area contributed by atoms with Crippen molar-refractivity contribution in [2.24, 2.45) is 0 Å². The topological polar surface area (TPSA) is 50.4 Å². The second kappa shape index (κ2) is 8.25. The molecular formula is C18H19ClN2O2. The van der Waals surface area contributed by atoms with Crippen LogP contribution in [-0.2, 0) is 4.79 Å². The summed E-state index contributed by atoms with van der Waals surface area (Å²) in [7, 11) is 0. The SMILES string of the molecule is C=CCOc1ccccc1NC(=O)CNc1cc(Cl)ccc1C. The average molecular weight is 331 g/mol. The third-order valence-corrected chi connectivity index (χ3v) is 3.39. The Kier molecular flexibility index (Phi) is 6.06. The Hall–Kier alpha value is -2.46. The Balaban J connectivity index is 1.97. The zero-order valence-corrected chi connectivity index (χ0v) is 13.7. The second-order valence-electron chi connectivity index (χ2n) is 4.96. The Morgan fingerprint density at radius 2 is 2.04 bits per heavy atom. The van der Waals surface area contributed by atoms with Crippen molar-refractivity contribution in [3.63, 3.8) is 0 Å². The van der Waals surface area contributed by atoms with E-state index in [1.807, 2.05) is 31.2 Å². The summed E-state index contributed by atoms with van der Waals surface area (Å²) in [6, 6.07) is 12.8. The summed E-state index contributed by atoms with van der Waals surface area (Å²) in [5.41, 5.74) is 2.49. The first kappa shape index (κ1) is 16.9. The van der Waals surface area contributed by atoms with E-state index in [0.29, 0.717) is 23.1 Å². The van der Waals surface area contributed by atoms with E-state index in [1.54, 1.807) is 24.3 Å². The number of amides is 1. The first-order valence-electron chi connectivity index (χ1n) is 7.22. The Labute approximate surface area is 141 Å². The fourth-order valence-electron chi connectivity index (χ4n) is 2.00. The molecule has 0 heterocycles. The summed E-state index contributed by atoms with van der Waals surface area (Å²) in [4.78, 5) is 12.1. The van der Waals surface area contributed by atoms with Crippen LogP contribution in [0.1, 0.15) is 5.56 Å². The Bertz CT molecular complexity index is 701. The summed E-state index contributed by atoms with van der Waals surface area (Å²) in [5.74, 6) is 0.443. The number of carbonyl (C=O) groups excluding carboxylic acids is 1. The Morgan fingerprint density at radius 1 is 1.26 bits per heavy atom. The van der Waals surface area contributed by atoms with Crippen molar-refractivity contribution in [2.45, 2.75) is 6.92 Å². The fraction of sp³-hybridized carbons (Fsp3) is 0.167. The number of para-hydroxylation sites is 2. The third kappa shape index (κ3) is 5.04. The van der Waals surface area contributed by atoms with Crippen LogP contribution in [0.25, 0.3) is 0 Å². The van der Waals surface area contributed by atoms with Gasteiger partial charge in [-0.05, 0) is 36.8 Å². The zero-order chi connectivity index (χ0) is 16.7. The number of aryl methyl sites for hydroxylation is 1. The molecule has 1 amide bonds. The van der Waals surface area contributed by atoms with Gasteiger partial charge in [-0.1, -0.05) is 42.5 Å². The number of nitrogens with one attached hydrogen (secondary N) is 2. The number of hydrogen-bond donors (Lipinski definition) is 2. The number of ether oxygens (including phenoxy) is 1. The highest BCUT2D eigenvalue weighted by atomic mass is 35.5. The van der Waals surface area contributed by atoms with Crippen LogP contribution in [0.5, 0.6) is 5.75 Å². The van der Waals surface area contributed by atoms with E-state index < -0.39 is 0 Å². The van der Waals surface area contributed by atoms with Gasteiger partial charge in [0.2, 0.25) is 5.91 Å². The highest BCUT2D eigenvalue weighted by molar-refractivity contribution is 6.30. The van der Waals surface area contributed by atoms with Crippen LogP contribution in [0.2, 0.25) is 5.02 Å². The molecule has 0 bridgehead atoms. The number of hydrogen-bond acceptors (Lipinski definition) is 3. The van der Waals surface area contributed by atoms with Crippen molar-refractivity contribution < 1.29 is 9.53 Å². The summed E-state index contributed by atoms with van der Waals surface area (Å²) in [6.45, 7) is 6.08. The lowest BCUT2D eigenvalue weighted by atomic mass is 10.2. The summed E-state index contributed by atoms with van der Waals surface area (Å²) in [5, 5.41) is 6.54. The second-order valence-corrected chi connectivity index (χ2v) is 5.39. The molecule has 0 aromatic heterocycles. The first-order valence-corrected chi connectivity index (χ1v) is 7.60. The van der Waals surface area contributed by atoms with Crippen molar-refractivity contribution in [3.8, 4) is 5.75 Å². The molecule has 0 unspecified atom stereocenters. The molecule has 0 aliphatic rings. The molecule has 120 valence electrons. The van der Waals surface area contributed by atoms with Crippen molar-refractivity contribution in [3.05, 3.63) is 65.7 Å². The van der Waals surface area contributed by atoms with Gasteiger partial charge in [0.05, 0.1) is 12.2 Å². The monoisotopic (exact) mass is 330 g/mol. The molecule has 0 radical (unpaired) electrons. The minimum Gasteiger partial charge on any atom is -0.487 e. The van der Waals surface area contributed by atoms with Crippen LogP contribution in [0, 0.1) is 6.92 Å². The van der Waals surface area contributed by atoms with Gasteiger partial charge in [0.15, 0.2) is 0 Å². The number of rotatable bonds is 7. The van der Waals surface area contributed by atoms with E-state index >= 15 is 0 Å². The molecular weight excluding hydrogens is 312 g/mol. The number of halogens is 1. The Morgan fingerprint density at radius 3 is 2.83 bits per heavy atom. The van der Waals surface area contributed by atoms with Crippen LogP contribution in [0.3, 0.4) is 0 Å². The maximum Gasteiger partial charge on any atom is 0.243 e. The van der Waals surface area contributed by atoms with Gasteiger partial charge < -0.3 is 15.4 Å². The number of carbonyl (C=O) groups is 1. The van der Waals surface area contributed by atoms with Gasteiger partial charge in [-0.15, -0.1) is 0 Å². The summed E-state index contributed by atoms with van der Waals surface area (Å²) in [6.07, 6.45) is 1.65. The maximum absolute atomic E-state index is 12.1. The van der Waals surface area contributed by atoms with Gasteiger partial charge in [0.1, 0.15) is 12.4 Å². The van der Waals surface area contributed by atoms with Crippen LogP contribution < -0.4 is 15.4 Å². The van der Waals surface area contributed by atoms with E-state index in [2.05, 4.69) is 17.2 Å². The lowest BCUT2D eigenvalue weighted by Crippen LogP contribution is -2.22. The van der Waals surface area contributed by atoms with Crippen molar-refractivity contribution in [1.29, 1.82) is 0 Å². The molecule has 0 saturated heterocycles. The molecule has 2 aromatic rings. The fourth-order valence-corrected chi connectivity index (χ4v) is 2.17. The highest BCUT2D eigenvalue weighted by Crippen LogP contribution is 2.24. The minimum absolute atomic E-state index is 0.136. The van der Waals surface area contributed by atoms with E-state index in [-0.39, 0.29) is 12.5 Å². The van der Waals surface area contributed by atoms with Gasteiger partial charge in [-0.3, -0.25) is 4.79 Å². The van der Waals surface area contributed by atoms with Gasteiger partial charge in [-0.25, -0.2) is 0 Å². The summed E-state index contributed by atoms with van der Waals surface area (Å²) >= 11 is 5.97. The summed E-state index contributed by atoms with van der Waals surface area (Å²) < 4.78 is 5.51. The minimum atomic E-state index is -0.168. The average Bonchev–Trinajstić information content (AvgIpc) is 2.55. The largest absolute Gasteiger partial charge is 0.487 e. The van der Waals surface area contributed by atoms with E-state index in [4.69, 9.17) is 16.3 Å². The molecule has 0 atom stereocenters. The van der Waals surface area contributed by atoms with Gasteiger partial charge in [0.25, 0.3) is 0 Å². The van der Waals surface area contributed by atoms with Crippen LogP contribution in [0.15, 0.2) is 55.1 Å². The zero-order valence-electron chi connectivity index (χ0n) is 12.9. The molecule has 2 N–H and O–H groups in total. The predicted molar refractivity (Wildman–Crippen MR) is 95.4 cm³/mol. The van der Waals surface area contributed by atoms with Gasteiger partial charge >= 0.3 is 0 Å². The van der Waals surface area contributed by atoms with Gasteiger partial charge in [0, 0.05) is 10.7 Å². The number of benzene rings is 2. The van der Waals surface area contributed by atoms with E-state index in [9.17, 15) is 4.79 Å². The van der Waals surface area contributed by atoms with Crippen molar-refractivity contribution in [1.82, 2.24) is 0 Å². The van der Waals surface area contributed by atoms with Crippen LogP contribution in [-0.4, -0.2) is 19.1 Å². The standard InChI is InChI=1S/C18H19ClN2O2/c1-3-10-23-17-7-5-4-6-15(17)21-18(22)12-20-16-11-14(19)9-8-13(16)2/h3-9,11,20H,1,10,12H2,2H3,(H,21,22). The van der Waals surface area contributed by atoms with E-state index in [0.717, 1.165) is 11.3 Å². The molecule has 4 nitrogen and oxygen atoms in total. The number of anilines is 2. The predicted octanol–water partition coefficient (Wildman–Crippen LogP) is 4.26. The maximum atomic E-state index is 12.1. The normalized spacial score (nSPS) is 10.0. The molecule has 23 heavy (non-hydrogen) atoms. The highest BCUT2D eigenvalue weighted by Gasteiger charge is 2.08. The molecule has 5 heteroatoms. The van der Waals surface area contributed by atoms with Crippen molar-refractivity contribution in [2.75, 3.05) is 23.8 Å². The molecule has 0 saturated carbocycles. The molecule has 0 fully saturated rings. The van der Waals surface area contributed by atoms with Crippen LogP contribution in [0.4, 0.5) is 11.4 Å². The molecule has 0 aliphatic heterocycles. The molecule has 2 aromatic carbocycles. The van der Waals surface area contributed by atoms with E-state index in [1.165, 1.54) is 0 Å².